The first kappa shape index (κ1) is 17.2. The van der Waals surface area contributed by atoms with Crippen molar-refractivity contribution in [3.05, 3.63) is 0 Å². The summed E-state index contributed by atoms with van der Waals surface area (Å²) in [5.74, 6) is 1.43. The number of nitrogens with one attached hydrogen (secondary N) is 1. The van der Waals surface area contributed by atoms with E-state index in [0.29, 0.717) is 0 Å². The van der Waals surface area contributed by atoms with Crippen LogP contribution in [0.3, 0.4) is 0 Å². The molecule has 0 saturated carbocycles. The van der Waals surface area contributed by atoms with Crippen molar-refractivity contribution in [2.75, 3.05) is 20.1 Å². The van der Waals surface area contributed by atoms with Gasteiger partial charge in [0.2, 0.25) is 5.84 Å². The van der Waals surface area contributed by atoms with Gasteiger partial charge in [-0.3, -0.25) is 9.89 Å². The van der Waals surface area contributed by atoms with Crippen LogP contribution in [-0.2, 0) is 10.1 Å². The Bertz CT molecular complexity index is 390. The Kier molecular flexibility index (Phi) is 6.61. The topological polar surface area (TPSA) is 72.2 Å². The Hall–Kier alpha value is -0.830. The highest BCUT2D eigenvalue weighted by Gasteiger charge is 2.36. The van der Waals surface area contributed by atoms with Crippen LogP contribution in [0.15, 0.2) is 0 Å². The molecule has 0 saturated heterocycles. The Morgan fingerprint density at radius 2 is 1.94 bits per heavy atom. The molecule has 1 heterocycles. The molecular weight excluding hydrogens is 273 g/mol. The number of nitrogens with zero attached hydrogens (tertiary/aromatic N) is 1. The molecule has 0 aromatic carbocycles. The zero-order valence-corrected chi connectivity index (χ0v) is 11.1. The molecule has 1 aliphatic rings. The molecule has 0 aliphatic carbocycles. The molecule has 0 aromatic heterocycles. The maximum atomic E-state index is 10.7. The first-order valence-electron chi connectivity index (χ1n) is 5.42. The summed E-state index contributed by atoms with van der Waals surface area (Å²) in [5, 5.41) is 3.38. The Morgan fingerprint density at radius 3 is 2.22 bits per heavy atom. The Morgan fingerprint density at radius 1 is 1.44 bits per heavy atom. The van der Waals surface area contributed by atoms with Gasteiger partial charge in [0.25, 0.3) is 0 Å². The molecule has 5 nitrogen and oxygen atoms in total. The highest BCUT2D eigenvalue weighted by atomic mass is 32.2. The number of rotatable bonds is 3. The van der Waals surface area contributed by atoms with Crippen LogP contribution >= 0.6 is 0 Å². The van der Waals surface area contributed by atoms with Crippen molar-refractivity contribution in [3.8, 4) is 0 Å². The molecule has 1 rings (SSSR count). The van der Waals surface area contributed by atoms with E-state index in [1.807, 2.05) is 0 Å². The van der Waals surface area contributed by atoms with E-state index in [4.69, 9.17) is 13.0 Å². The maximum absolute atomic E-state index is 10.7. The van der Waals surface area contributed by atoms with E-state index in [2.05, 4.69) is 23.9 Å². The zero-order chi connectivity index (χ0) is 14.4. The quantitative estimate of drug-likeness (QED) is 0.475. The van der Waals surface area contributed by atoms with E-state index in [1.165, 1.54) is 31.6 Å². The first-order valence-corrected chi connectivity index (χ1v) is 6.83. The third-order valence-corrected chi connectivity index (χ3v) is 2.85. The largest absolute Gasteiger partial charge is 0.741 e. The fraction of sp³-hybridized carbons (Fsp3) is 0.889. The zero-order valence-electron chi connectivity index (χ0n) is 10.2. The summed E-state index contributed by atoms with van der Waals surface area (Å²) in [6.07, 6.45) is 3.83. The van der Waals surface area contributed by atoms with Crippen LogP contribution in [0.5, 0.6) is 0 Å². The maximum Gasteiger partial charge on any atom is 0.485 e. The van der Waals surface area contributed by atoms with Crippen LogP contribution in [0.2, 0.25) is 0 Å². The van der Waals surface area contributed by atoms with Crippen molar-refractivity contribution >= 4 is 16.0 Å². The number of halogens is 3. The van der Waals surface area contributed by atoms with Crippen molar-refractivity contribution in [1.29, 1.82) is 0 Å². The highest BCUT2D eigenvalue weighted by molar-refractivity contribution is 7.86. The minimum Gasteiger partial charge on any atom is -0.741 e. The first-order chi connectivity index (χ1) is 8.09. The van der Waals surface area contributed by atoms with Gasteiger partial charge >= 0.3 is 5.51 Å². The van der Waals surface area contributed by atoms with Gasteiger partial charge in [0, 0.05) is 6.42 Å². The van der Waals surface area contributed by atoms with Crippen LogP contribution in [0, 0.1) is 0 Å². The Labute approximate surface area is 104 Å². The number of hydrogen-bond acceptors (Lipinski definition) is 4. The van der Waals surface area contributed by atoms with Crippen LogP contribution in [-0.4, -0.2) is 49.0 Å². The lowest BCUT2D eigenvalue weighted by Crippen LogP contribution is -2.21. The molecule has 0 fully saturated rings. The fourth-order valence-corrected chi connectivity index (χ4v) is 1.26. The van der Waals surface area contributed by atoms with Gasteiger partial charge in [0.05, 0.1) is 7.05 Å². The smallest absolute Gasteiger partial charge is 0.485 e. The molecule has 108 valence electrons. The molecular formula is C9H17F3N2O3S. The molecule has 0 atom stereocenters. The molecule has 9 heteroatoms. The second-order valence-corrected chi connectivity index (χ2v) is 5.17. The van der Waals surface area contributed by atoms with E-state index in [9.17, 15) is 13.2 Å². The van der Waals surface area contributed by atoms with Gasteiger partial charge in [0.1, 0.15) is 13.1 Å². The third-order valence-electron chi connectivity index (χ3n) is 2.29. The van der Waals surface area contributed by atoms with Gasteiger partial charge in [-0.15, -0.1) is 0 Å². The lowest BCUT2D eigenvalue weighted by Gasteiger charge is -2.08. The van der Waals surface area contributed by atoms with Crippen molar-refractivity contribution in [2.45, 2.75) is 31.7 Å². The van der Waals surface area contributed by atoms with E-state index in [-0.39, 0.29) is 0 Å². The monoisotopic (exact) mass is 290 g/mol. The average Bonchev–Trinajstić information content (AvgIpc) is 2.59. The summed E-state index contributed by atoms with van der Waals surface area (Å²) in [6, 6.07) is 0. The summed E-state index contributed by atoms with van der Waals surface area (Å²) < 4.78 is 61.2. The summed E-state index contributed by atoms with van der Waals surface area (Å²) in [4.78, 5) is 0. The van der Waals surface area contributed by atoms with Crippen LogP contribution < -0.4 is 5.32 Å². The minimum atomic E-state index is -6.09. The third kappa shape index (κ3) is 6.20. The van der Waals surface area contributed by atoms with E-state index in [1.54, 1.807) is 0 Å². The van der Waals surface area contributed by atoms with Gasteiger partial charge in [-0.1, -0.05) is 13.3 Å². The molecule has 0 amide bonds. The van der Waals surface area contributed by atoms with E-state index < -0.39 is 15.6 Å². The molecule has 1 aliphatic heterocycles. The number of likely N-dealkylation sites (N-methyl/N-ethyl adjacent to an activating group) is 1. The molecule has 0 bridgehead atoms. The SMILES string of the molecule is CCCCC1=[N+](C)CCN1.O=S(=O)([O-])C(F)(F)F. The molecule has 18 heavy (non-hydrogen) atoms. The number of amidine groups is 1. The fourth-order valence-electron chi connectivity index (χ4n) is 1.26. The van der Waals surface area contributed by atoms with Gasteiger partial charge in [-0.05, 0) is 6.42 Å². The Balaban J connectivity index is 0.000000331. The number of unbranched alkanes of at least 4 members (excludes halogenated alkanes) is 1. The molecule has 0 radical (unpaired) electrons. The van der Waals surface area contributed by atoms with E-state index in [0.717, 1.165) is 6.54 Å². The summed E-state index contributed by atoms with van der Waals surface area (Å²) in [6.45, 7) is 4.55. The standard InChI is InChI=1S/C8H16N2.CHF3O3S/c1-3-4-5-8-9-6-7-10(8)2;2-1(3,4)8(5,6)7/h3-7H2,1-2H3;(H,5,6,7). The summed E-state index contributed by atoms with van der Waals surface area (Å²) >= 11 is 0. The highest BCUT2D eigenvalue weighted by Crippen LogP contribution is 2.20. The lowest BCUT2D eigenvalue weighted by atomic mass is 10.2. The lowest BCUT2D eigenvalue weighted by molar-refractivity contribution is -0.487. The predicted molar refractivity (Wildman–Crippen MR) is 59.3 cm³/mol. The number of hydrogen-bond donors (Lipinski definition) is 1. The van der Waals surface area contributed by atoms with Crippen LogP contribution in [0.1, 0.15) is 26.2 Å². The molecule has 0 aromatic rings. The second-order valence-electron chi connectivity index (χ2n) is 3.80. The van der Waals surface area contributed by atoms with Crippen molar-refractivity contribution < 1.29 is 30.7 Å². The van der Waals surface area contributed by atoms with E-state index >= 15 is 0 Å². The molecule has 1 N–H and O–H groups in total. The minimum absolute atomic E-state index is 1.13. The molecule has 0 unspecified atom stereocenters. The predicted octanol–water partition coefficient (Wildman–Crippen LogP) is 0.872. The van der Waals surface area contributed by atoms with Crippen LogP contribution in [0.25, 0.3) is 0 Å². The number of alkyl halides is 3. The van der Waals surface area contributed by atoms with Crippen molar-refractivity contribution in [1.82, 2.24) is 5.32 Å². The summed E-state index contributed by atoms with van der Waals surface area (Å²) in [7, 11) is -3.93. The summed E-state index contributed by atoms with van der Waals surface area (Å²) in [5.41, 5.74) is -5.65. The second kappa shape index (κ2) is 6.93. The van der Waals surface area contributed by atoms with Gasteiger partial charge in [-0.2, -0.15) is 13.2 Å². The average molecular weight is 290 g/mol. The van der Waals surface area contributed by atoms with Gasteiger partial charge < -0.3 is 4.55 Å². The molecule has 0 spiro atoms. The van der Waals surface area contributed by atoms with Crippen molar-refractivity contribution in [3.63, 3.8) is 0 Å². The van der Waals surface area contributed by atoms with Crippen LogP contribution in [0.4, 0.5) is 13.2 Å². The van der Waals surface area contributed by atoms with Crippen molar-refractivity contribution in [2.24, 2.45) is 0 Å². The van der Waals surface area contributed by atoms with Gasteiger partial charge in [0.15, 0.2) is 10.1 Å². The van der Waals surface area contributed by atoms with Gasteiger partial charge in [-0.25, -0.2) is 8.42 Å². The normalized spacial score (nSPS) is 16.1.